The Balaban J connectivity index is 2.47. The van der Waals surface area contributed by atoms with Gasteiger partial charge >= 0.3 is 18.2 Å². The highest BCUT2D eigenvalue weighted by Crippen LogP contribution is 2.33. The first-order valence-corrected chi connectivity index (χ1v) is 6.50. The maximum absolute atomic E-state index is 12.7. The summed E-state index contributed by atoms with van der Waals surface area (Å²) in [5.41, 5.74) is 0. The van der Waals surface area contributed by atoms with Gasteiger partial charge in [-0.1, -0.05) is 0 Å². The lowest BCUT2D eigenvalue weighted by Gasteiger charge is -2.36. The van der Waals surface area contributed by atoms with E-state index in [9.17, 15) is 22.8 Å². The Labute approximate surface area is 115 Å². The number of halogens is 3. The normalized spacial score (nSPS) is 19.8. The number of carbonyl (C=O) groups excluding carboxylic acids is 1. The van der Waals surface area contributed by atoms with E-state index in [1.807, 2.05) is 0 Å². The van der Waals surface area contributed by atoms with Gasteiger partial charge < -0.3 is 14.9 Å². The molecule has 0 aromatic rings. The zero-order valence-corrected chi connectivity index (χ0v) is 11.3. The van der Waals surface area contributed by atoms with E-state index in [0.717, 1.165) is 0 Å². The fraction of sp³-hybridized carbons (Fsp3) is 0.833. The predicted octanol–water partition coefficient (Wildman–Crippen LogP) is 2.18. The van der Waals surface area contributed by atoms with Gasteiger partial charge in [-0.25, -0.2) is 4.79 Å². The molecule has 20 heavy (non-hydrogen) atoms. The van der Waals surface area contributed by atoms with E-state index in [1.165, 1.54) is 16.8 Å². The molecule has 0 aliphatic carbocycles. The summed E-state index contributed by atoms with van der Waals surface area (Å²) in [6.07, 6.45) is -3.67. The van der Waals surface area contributed by atoms with Crippen LogP contribution in [0.4, 0.5) is 18.0 Å². The van der Waals surface area contributed by atoms with Crippen molar-refractivity contribution in [2.75, 3.05) is 26.7 Å². The van der Waals surface area contributed by atoms with Crippen molar-refractivity contribution in [3.63, 3.8) is 0 Å². The lowest BCUT2D eigenvalue weighted by molar-refractivity contribution is -0.184. The Kier molecular flexibility index (Phi) is 5.64. The van der Waals surface area contributed by atoms with Gasteiger partial charge in [-0.3, -0.25) is 4.79 Å². The van der Waals surface area contributed by atoms with Crippen molar-refractivity contribution in [3.05, 3.63) is 0 Å². The summed E-state index contributed by atoms with van der Waals surface area (Å²) in [5, 5.41) is 8.50. The number of hydrogen-bond donors (Lipinski definition) is 1. The third-order valence-corrected chi connectivity index (χ3v) is 3.37. The minimum atomic E-state index is -4.28. The first-order valence-electron chi connectivity index (χ1n) is 6.50. The van der Waals surface area contributed by atoms with Crippen LogP contribution in [0.1, 0.15) is 25.7 Å². The van der Waals surface area contributed by atoms with Crippen molar-refractivity contribution in [2.24, 2.45) is 5.92 Å². The molecule has 0 spiro atoms. The molecule has 0 radical (unpaired) electrons. The first-order chi connectivity index (χ1) is 9.21. The molecule has 1 N–H and O–H groups in total. The van der Waals surface area contributed by atoms with Crippen LogP contribution in [0, 0.1) is 5.92 Å². The van der Waals surface area contributed by atoms with Gasteiger partial charge in [-0.05, 0) is 19.3 Å². The van der Waals surface area contributed by atoms with Crippen molar-refractivity contribution in [2.45, 2.75) is 31.9 Å². The molecule has 116 valence electrons. The SMILES string of the molecule is CN(CCCC(=O)O)C(=O)N1CCCC(C(F)(F)F)C1. The number of alkyl halides is 3. The lowest BCUT2D eigenvalue weighted by atomic mass is 9.98. The number of nitrogens with zero attached hydrogens (tertiary/aromatic N) is 2. The first kappa shape index (κ1) is 16.6. The molecule has 0 aromatic heterocycles. The van der Waals surface area contributed by atoms with E-state index < -0.39 is 24.1 Å². The topological polar surface area (TPSA) is 60.9 Å². The largest absolute Gasteiger partial charge is 0.481 e. The second-order valence-corrected chi connectivity index (χ2v) is 5.03. The number of hydrogen-bond acceptors (Lipinski definition) is 2. The van der Waals surface area contributed by atoms with Gasteiger partial charge in [0.25, 0.3) is 0 Å². The number of carboxylic acids is 1. The zero-order chi connectivity index (χ0) is 15.3. The Morgan fingerprint density at radius 2 is 2.05 bits per heavy atom. The predicted molar refractivity (Wildman–Crippen MR) is 65.2 cm³/mol. The second-order valence-electron chi connectivity index (χ2n) is 5.03. The third-order valence-electron chi connectivity index (χ3n) is 3.37. The molecular weight excluding hydrogens is 277 g/mol. The Morgan fingerprint density at radius 1 is 1.40 bits per heavy atom. The molecule has 1 heterocycles. The Bertz CT molecular complexity index is 360. The van der Waals surface area contributed by atoms with Crippen molar-refractivity contribution >= 4 is 12.0 Å². The summed E-state index contributed by atoms with van der Waals surface area (Å²) in [5.74, 6) is -2.42. The van der Waals surface area contributed by atoms with Gasteiger partial charge in [0.15, 0.2) is 0 Å². The van der Waals surface area contributed by atoms with E-state index in [1.54, 1.807) is 0 Å². The number of carbonyl (C=O) groups is 2. The molecule has 0 aromatic carbocycles. The average Bonchev–Trinajstić information content (AvgIpc) is 2.36. The van der Waals surface area contributed by atoms with Crippen LogP contribution in [0.25, 0.3) is 0 Å². The molecule has 1 saturated heterocycles. The monoisotopic (exact) mass is 296 g/mol. The highest BCUT2D eigenvalue weighted by Gasteiger charge is 2.42. The molecule has 5 nitrogen and oxygen atoms in total. The number of likely N-dealkylation sites (tertiary alicyclic amines) is 1. The number of aliphatic carboxylic acids is 1. The van der Waals surface area contributed by atoms with Crippen LogP contribution in [-0.2, 0) is 4.79 Å². The van der Waals surface area contributed by atoms with Crippen molar-refractivity contribution < 1.29 is 27.9 Å². The molecule has 1 unspecified atom stereocenters. The van der Waals surface area contributed by atoms with E-state index in [2.05, 4.69) is 0 Å². The van der Waals surface area contributed by atoms with Gasteiger partial charge in [0.05, 0.1) is 5.92 Å². The summed E-state index contributed by atoms with van der Waals surface area (Å²) >= 11 is 0. The molecular formula is C12H19F3N2O3. The van der Waals surface area contributed by atoms with Gasteiger partial charge in [-0.15, -0.1) is 0 Å². The molecule has 2 amide bonds. The van der Waals surface area contributed by atoms with E-state index in [4.69, 9.17) is 5.11 Å². The maximum atomic E-state index is 12.7. The van der Waals surface area contributed by atoms with Crippen LogP contribution >= 0.6 is 0 Å². The fourth-order valence-electron chi connectivity index (χ4n) is 2.22. The summed E-state index contributed by atoms with van der Waals surface area (Å²) in [6.45, 7) is 0.221. The standard InChI is InChI=1S/C12H19F3N2O3/c1-16(6-3-5-10(18)19)11(20)17-7-2-4-9(8-17)12(13,14)15/h9H,2-8H2,1H3,(H,18,19). The number of amides is 2. The van der Waals surface area contributed by atoms with Crippen molar-refractivity contribution in [3.8, 4) is 0 Å². The molecule has 1 rings (SSSR count). The van der Waals surface area contributed by atoms with Gasteiger partial charge in [0.1, 0.15) is 0 Å². The van der Waals surface area contributed by atoms with Gasteiger partial charge in [0.2, 0.25) is 0 Å². The molecule has 1 fully saturated rings. The van der Waals surface area contributed by atoms with E-state index in [0.29, 0.717) is 13.0 Å². The van der Waals surface area contributed by atoms with Crippen LogP contribution in [0.2, 0.25) is 0 Å². The minimum absolute atomic E-state index is 0.0516. The second kappa shape index (κ2) is 6.81. The maximum Gasteiger partial charge on any atom is 0.393 e. The van der Waals surface area contributed by atoms with Gasteiger partial charge in [0, 0.05) is 33.1 Å². The van der Waals surface area contributed by atoms with E-state index >= 15 is 0 Å². The Hall–Kier alpha value is -1.47. The summed E-state index contributed by atoms with van der Waals surface area (Å²) in [6, 6.07) is -0.468. The van der Waals surface area contributed by atoms with Crippen LogP contribution in [0.3, 0.4) is 0 Å². The zero-order valence-electron chi connectivity index (χ0n) is 11.3. The summed E-state index contributed by atoms with van der Waals surface area (Å²) in [4.78, 5) is 24.8. The average molecular weight is 296 g/mol. The van der Waals surface area contributed by atoms with Crippen molar-refractivity contribution in [1.29, 1.82) is 0 Å². The Morgan fingerprint density at radius 3 is 2.60 bits per heavy atom. The van der Waals surface area contributed by atoms with Crippen LogP contribution < -0.4 is 0 Å². The highest BCUT2D eigenvalue weighted by atomic mass is 19.4. The summed E-state index contributed by atoms with van der Waals surface area (Å²) in [7, 11) is 1.47. The highest BCUT2D eigenvalue weighted by molar-refractivity contribution is 5.74. The molecule has 1 aliphatic rings. The lowest BCUT2D eigenvalue weighted by Crippen LogP contribution is -2.49. The molecule has 1 atom stereocenters. The summed E-state index contributed by atoms with van der Waals surface area (Å²) < 4.78 is 38.0. The molecule has 1 aliphatic heterocycles. The van der Waals surface area contributed by atoms with Crippen LogP contribution in [0.15, 0.2) is 0 Å². The number of piperidine rings is 1. The van der Waals surface area contributed by atoms with Crippen LogP contribution in [0.5, 0.6) is 0 Å². The van der Waals surface area contributed by atoms with Crippen LogP contribution in [-0.4, -0.2) is 59.8 Å². The minimum Gasteiger partial charge on any atom is -0.481 e. The number of urea groups is 1. The number of rotatable bonds is 4. The van der Waals surface area contributed by atoms with Crippen molar-refractivity contribution in [1.82, 2.24) is 9.80 Å². The fourth-order valence-corrected chi connectivity index (χ4v) is 2.22. The molecule has 8 heteroatoms. The van der Waals surface area contributed by atoms with Gasteiger partial charge in [-0.2, -0.15) is 13.2 Å². The van der Waals surface area contributed by atoms with E-state index in [-0.39, 0.29) is 32.4 Å². The number of carboxylic acid groups (broad SMARTS) is 1. The molecule has 0 saturated carbocycles. The molecule has 0 bridgehead atoms. The third kappa shape index (κ3) is 4.90. The smallest absolute Gasteiger partial charge is 0.393 e. The quantitative estimate of drug-likeness (QED) is 0.865.